The number of rotatable bonds is 3. The first-order valence-corrected chi connectivity index (χ1v) is 7.25. The molecule has 0 unspecified atom stereocenters. The second-order valence-corrected chi connectivity index (χ2v) is 6.05. The molecule has 4 heteroatoms. The molecule has 2 rings (SSSR count). The minimum atomic E-state index is -0.0444. The van der Waals surface area contributed by atoms with Crippen LogP contribution in [0.4, 0.5) is 0 Å². The van der Waals surface area contributed by atoms with Crippen LogP contribution in [0, 0.1) is 6.92 Å². The van der Waals surface area contributed by atoms with E-state index in [1.54, 1.807) is 18.2 Å². The normalized spacial score (nSPS) is 10.5. The number of hydrogen-bond acceptors (Lipinski definition) is 1. The summed E-state index contributed by atoms with van der Waals surface area (Å²) in [5.74, 6) is -0.0444. The summed E-state index contributed by atoms with van der Waals surface area (Å²) in [6, 6.07) is 10.9. The molecule has 98 valence electrons. The van der Waals surface area contributed by atoms with E-state index in [9.17, 15) is 4.79 Å². The van der Waals surface area contributed by atoms with Gasteiger partial charge in [-0.05, 0) is 42.3 Å². The van der Waals surface area contributed by atoms with Crippen molar-refractivity contribution < 1.29 is 4.79 Å². The Morgan fingerprint density at radius 2 is 1.84 bits per heavy atom. The van der Waals surface area contributed by atoms with Crippen LogP contribution in [0.5, 0.6) is 0 Å². The molecule has 19 heavy (non-hydrogen) atoms. The van der Waals surface area contributed by atoms with Crippen LogP contribution < -0.4 is 0 Å². The molecule has 0 amide bonds. The Morgan fingerprint density at radius 3 is 2.53 bits per heavy atom. The Bertz CT molecular complexity index is 638. The van der Waals surface area contributed by atoms with Crippen molar-refractivity contribution in [3.05, 3.63) is 67.6 Å². The summed E-state index contributed by atoms with van der Waals surface area (Å²) in [6.07, 6.45) is 0.245. The summed E-state index contributed by atoms with van der Waals surface area (Å²) < 4.78 is 0.829. The summed E-state index contributed by atoms with van der Waals surface area (Å²) in [7, 11) is 0. The summed E-state index contributed by atoms with van der Waals surface area (Å²) in [6.45, 7) is 1.96. The van der Waals surface area contributed by atoms with Crippen LogP contribution in [0.25, 0.3) is 0 Å². The molecule has 1 nitrogen and oxygen atoms in total. The average Bonchev–Trinajstić information content (AvgIpc) is 2.35. The first-order valence-electron chi connectivity index (χ1n) is 5.70. The van der Waals surface area contributed by atoms with Gasteiger partial charge in [-0.1, -0.05) is 51.3 Å². The molecule has 0 bridgehead atoms. The third-order valence-corrected chi connectivity index (χ3v) is 3.96. The summed E-state index contributed by atoms with van der Waals surface area (Å²) in [5.41, 5.74) is 2.39. The lowest BCUT2D eigenvalue weighted by Crippen LogP contribution is -2.05. The SMILES string of the molecule is Cc1ccc(CC(=O)c2cc(Br)ccc2Cl)c(Cl)c1. The van der Waals surface area contributed by atoms with Crippen LogP contribution >= 0.6 is 39.1 Å². The van der Waals surface area contributed by atoms with Crippen molar-refractivity contribution in [2.45, 2.75) is 13.3 Å². The van der Waals surface area contributed by atoms with Gasteiger partial charge in [0.05, 0.1) is 5.02 Å². The predicted molar refractivity (Wildman–Crippen MR) is 83.4 cm³/mol. The van der Waals surface area contributed by atoms with Gasteiger partial charge in [-0.15, -0.1) is 0 Å². The highest BCUT2D eigenvalue weighted by molar-refractivity contribution is 9.10. The standard InChI is InChI=1S/C15H11BrCl2O/c1-9-2-3-10(14(18)6-9)7-15(19)12-8-11(16)4-5-13(12)17/h2-6,8H,7H2,1H3. The van der Waals surface area contributed by atoms with E-state index in [1.807, 2.05) is 25.1 Å². The lowest BCUT2D eigenvalue weighted by Gasteiger charge is -2.07. The number of benzene rings is 2. The number of Topliss-reactive ketones (excluding diaryl/α,β-unsaturated/α-hetero) is 1. The average molecular weight is 358 g/mol. The van der Waals surface area contributed by atoms with Crippen LogP contribution in [0.3, 0.4) is 0 Å². The highest BCUT2D eigenvalue weighted by Crippen LogP contribution is 2.24. The van der Waals surface area contributed by atoms with Gasteiger partial charge in [-0.25, -0.2) is 0 Å². The zero-order valence-corrected chi connectivity index (χ0v) is 13.3. The highest BCUT2D eigenvalue weighted by atomic mass is 79.9. The van der Waals surface area contributed by atoms with Crippen molar-refractivity contribution >= 4 is 44.9 Å². The number of ketones is 1. The van der Waals surface area contributed by atoms with Crippen molar-refractivity contribution in [2.75, 3.05) is 0 Å². The maximum atomic E-state index is 12.3. The molecule has 0 radical (unpaired) electrons. The van der Waals surface area contributed by atoms with E-state index in [4.69, 9.17) is 23.2 Å². The molecular formula is C15H11BrCl2O. The van der Waals surface area contributed by atoms with Gasteiger partial charge in [-0.3, -0.25) is 4.79 Å². The van der Waals surface area contributed by atoms with Crippen LogP contribution in [0.15, 0.2) is 40.9 Å². The quantitative estimate of drug-likeness (QED) is 0.664. The van der Waals surface area contributed by atoms with Gasteiger partial charge >= 0.3 is 0 Å². The van der Waals surface area contributed by atoms with Crippen molar-refractivity contribution in [2.24, 2.45) is 0 Å². The molecule has 0 saturated carbocycles. The molecule has 0 aliphatic heterocycles. The van der Waals surface area contributed by atoms with E-state index < -0.39 is 0 Å². The van der Waals surface area contributed by atoms with Crippen LogP contribution in [-0.2, 0) is 6.42 Å². The monoisotopic (exact) mass is 356 g/mol. The van der Waals surface area contributed by atoms with Crippen LogP contribution in [0.2, 0.25) is 10.0 Å². The highest BCUT2D eigenvalue weighted by Gasteiger charge is 2.13. The van der Waals surface area contributed by atoms with Crippen molar-refractivity contribution in [3.63, 3.8) is 0 Å². The Morgan fingerprint density at radius 1 is 1.11 bits per heavy atom. The minimum Gasteiger partial charge on any atom is -0.294 e. The third-order valence-electron chi connectivity index (χ3n) is 2.79. The molecule has 2 aromatic rings. The van der Waals surface area contributed by atoms with Gasteiger partial charge in [0.25, 0.3) is 0 Å². The predicted octanol–water partition coefficient (Wildman–Crippen LogP) is 5.49. The van der Waals surface area contributed by atoms with Gasteiger partial charge in [0, 0.05) is 21.5 Å². The Hall–Kier alpha value is -0.830. The maximum Gasteiger partial charge on any atom is 0.168 e. The van der Waals surface area contributed by atoms with E-state index in [-0.39, 0.29) is 12.2 Å². The Kier molecular flexibility index (Phi) is 4.67. The van der Waals surface area contributed by atoms with Gasteiger partial charge in [0.15, 0.2) is 5.78 Å². The first-order chi connectivity index (χ1) is 8.97. The zero-order valence-electron chi connectivity index (χ0n) is 10.2. The zero-order chi connectivity index (χ0) is 14.0. The van der Waals surface area contributed by atoms with E-state index in [2.05, 4.69) is 15.9 Å². The molecule has 0 spiro atoms. The van der Waals surface area contributed by atoms with Crippen molar-refractivity contribution in [1.82, 2.24) is 0 Å². The van der Waals surface area contributed by atoms with Crippen LogP contribution in [0.1, 0.15) is 21.5 Å². The Balaban J connectivity index is 2.28. The lowest BCUT2D eigenvalue weighted by atomic mass is 10.0. The van der Waals surface area contributed by atoms with E-state index in [0.29, 0.717) is 15.6 Å². The number of carbonyl (C=O) groups is 1. The smallest absolute Gasteiger partial charge is 0.168 e. The fourth-order valence-corrected chi connectivity index (χ4v) is 2.66. The number of aryl methyl sites for hydroxylation is 1. The summed E-state index contributed by atoms with van der Waals surface area (Å²) in [4.78, 5) is 12.3. The molecule has 0 aliphatic carbocycles. The van der Waals surface area contributed by atoms with Gasteiger partial charge in [-0.2, -0.15) is 0 Å². The van der Waals surface area contributed by atoms with Crippen molar-refractivity contribution in [3.8, 4) is 0 Å². The molecule has 0 fully saturated rings. The molecule has 0 heterocycles. The van der Waals surface area contributed by atoms with E-state index in [0.717, 1.165) is 15.6 Å². The van der Waals surface area contributed by atoms with E-state index >= 15 is 0 Å². The lowest BCUT2D eigenvalue weighted by molar-refractivity contribution is 0.0993. The largest absolute Gasteiger partial charge is 0.294 e. The second kappa shape index (κ2) is 6.08. The summed E-state index contributed by atoms with van der Waals surface area (Å²) >= 11 is 15.5. The molecule has 0 saturated heterocycles. The number of hydrogen-bond donors (Lipinski definition) is 0. The molecule has 0 aromatic heterocycles. The summed E-state index contributed by atoms with van der Waals surface area (Å²) in [5, 5.41) is 1.07. The minimum absolute atomic E-state index is 0.0444. The fourth-order valence-electron chi connectivity index (χ4n) is 1.78. The maximum absolute atomic E-state index is 12.3. The second-order valence-electron chi connectivity index (χ2n) is 4.32. The van der Waals surface area contributed by atoms with Crippen LogP contribution in [-0.4, -0.2) is 5.78 Å². The van der Waals surface area contributed by atoms with Gasteiger partial charge < -0.3 is 0 Å². The van der Waals surface area contributed by atoms with Gasteiger partial charge in [0.2, 0.25) is 0 Å². The first kappa shape index (κ1) is 14.6. The van der Waals surface area contributed by atoms with E-state index in [1.165, 1.54) is 0 Å². The molecule has 2 aromatic carbocycles. The van der Waals surface area contributed by atoms with Gasteiger partial charge in [0.1, 0.15) is 0 Å². The van der Waals surface area contributed by atoms with Crippen molar-refractivity contribution in [1.29, 1.82) is 0 Å². The number of carbonyl (C=O) groups excluding carboxylic acids is 1. The molecule has 0 aliphatic rings. The third kappa shape index (κ3) is 3.59. The number of halogens is 3. The molecule has 0 atom stereocenters. The molecular weight excluding hydrogens is 347 g/mol. The topological polar surface area (TPSA) is 17.1 Å². The Labute approximate surface area is 130 Å². The molecule has 0 N–H and O–H groups in total. The fraction of sp³-hybridized carbons (Fsp3) is 0.133.